The average Bonchev–Trinajstić information content (AvgIpc) is 3.26. The molecule has 1 unspecified atom stereocenters. The summed E-state index contributed by atoms with van der Waals surface area (Å²) in [6, 6.07) is 24.9. The van der Waals surface area contributed by atoms with Gasteiger partial charge in [-0.25, -0.2) is 0 Å². The monoisotopic (exact) mass is 427 g/mol. The van der Waals surface area contributed by atoms with Gasteiger partial charge >= 0.3 is 0 Å². The maximum absolute atomic E-state index is 13.1. The molecule has 3 amide bonds. The topological polar surface area (TPSA) is 78.5 Å². The van der Waals surface area contributed by atoms with E-state index in [2.05, 4.69) is 10.6 Å². The van der Waals surface area contributed by atoms with E-state index >= 15 is 0 Å². The third kappa shape index (κ3) is 5.21. The summed E-state index contributed by atoms with van der Waals surface area (Å²) in [7, 11) is 0. The Labute approximate surface area is 187 Å². The molecule has 162 valence electrons. The Kier molecular flexibility index (Phi) is 6.60. The fourth-order valence-electron chi connectivity index (χ4n) is 3.77. The summed E-state index contributed by atoms with van der Waals surface area (Å²) >= 11 is 0. The van der Waals surface area contributed by atoms with Crippen LogP contribution in [0.15, 0.2) is 84.9 Å². The number of hydrogen-bond acceptors (Lipinski definition) is 3. The maximum Gasteiger partial charge on any atom is 0.251 e. The van der Waals surface area contributed by atoms with Gasteiger partial charge in [0.25, 0.3) is 5.91 Å². The highest BCUT2D eigenvalue weighted by molar-refractivity contribution is 6.01. The first-order valence-corrected chi connectivity index (χ1v) is 10.7. The van der Waals surface area contributed by atoms with E-state index in [1.807, 2.05) is 48.5 Å². The van der Waals surface area contributed by atoms with E-state index in [4.69, 9.17) is 0 Å². The van der Waals surface area contributed by atoms with Crippen LogP contribution in [0.5, 0.6) is 0 Å². The van der Waals surface area contributed by atoms with Gasteiger partial charge in [0.2, 0.25) is 11.8 Å². The van der Waals surface area contributed by atoms with Gasteiger partial charge < -0.3 is 15.5 Å². The van der Waals surface area contributed by atoms with Crippen molar-refractivity contribution in [1.29, 1.82) is 0 Å². The van der Waals surface area contributed by atoms with Crippen molar-refractivity contribution in [2.24, 2.45) is 0 Å². The summed E-state index contributed by atoms with van der Waals surface area (Å²) in [5, 5.41) is 5.75. The van der Waals surface area contributed by atoms with Crippen molar-refractivity contribution in [3.63, 3.8) is 0 Å². The molecule has 0 radical (unpaired) electrons. The molecular weight excluding hydrogens is 402 g/mol. The first kappa shape index (κ1) is 21.3. The standard InChI is InChI=1S/C26H25N3O3/c30-24-12-7-17-29(24)22-15-13-21(14-16-22)27-26(32)23(18-19-8-3-1-4-9-19)28-25(31)20-10-5-2-6-11-20/h1-6,8-11,13-16,23H,7,12,17-18H2,(H,27,32)(H,28,31). The highest BCUT2D eigenvalue weighted by atomic mass is 16.2. The van der Waals surface area contributed by atoms with Gasteiger partial charge in [-0.15, -0.1) is 0 Å². The van der Waals surface area contributed by atoms with E-state index < -0.39 is 6.04 Å². The molecule has 0 aromatic heterocycles. The number of anilines is 2. The van der Waals surface area contributed by atoms with Crippen molar-refractivity contribution in [3.8, 4) is 0 Å². The molecule has 32 heavy (non-hydrogen) atoms. The van der Waals surface area contributed by atoms with Crippen LogP contribution in [0.3, 0.4) is 0 Å². The van der Waals surface area contributed by atoms with E-state index in [9.17, 15) is 14.4 Å². The minimum atomic E-state index is -0.745. The van der Waals surface area contributed by atoms with Crippen LogP contribution in [0.1, 0.15) is 28.8 Å². The minimum Gasteiger partial charge on any atom is -0.340 e. The van der Waals surface area contributed by atoms with Gasteiger partial charge in [-0.3, -0.25) is 14.4 Å². The lowest BCUT2D eigenvalue weighted by molar-refractivity contribution is -0.118. The average molecular weight is 428 g/mol. The number of nitrogens with zero attached hydrogens (tertiary/aromatic N) is 1. The van der Waals surface area contributed by atoms with Crippen LogP contribution in [0.2, 0.25) is 0 Å². The zero-order valence-electron chi connectivity index (χ0n) is 17.7. The lowest BCUT2D eigenvalue weighted by Crippen LogP contribution is -2.45. The summed E-state index contributed by atoms with van der Waals surface area (Å²) in [6.45, 7) is 0.717. The fourth-order valence-corrected chi connectivity index (χ4v) is 3.77. The predicted molar refractivity (Wildman–Crippen MR) is 125 cm³/mol. The molecule has 1 fully saturated rings. The Bertz CT molecular complexity index is 1080. The predicted octanol–water partition coefficient (Wildman–Crippen LogP) is 3.79. The smallest absolute Gasteiger partial charge is 0.251 e. The van der Waals surface area contributed by atoms with Crippen LogP contribution in [-0.2, 0) is 16.0 Å². The van der Waals surface area contributed by atoms with Crippen molar-refractivity contribution in [3.05, 3.63) is 96.1 Å². The van der Waals surface area contributed by atoms with Crippen molar-refractivity contribution in [2.75, 3.05) is 16.8 Å². The van der Waals surface area contributed by atoms with Crippen molar-refractivity contribution >= 4 is 29.1 Å². The van der Waals surface area contributed by atoms with Gasteiger partial charge in [0, 0.05) is 36.3 Å². The van der Waals surface area contributed by atoms with E-state index in [0.717, 1.165) is 24.2 Å². The van der Waals surface area contributed by atoms with Crippen LogP contribution >= 0.6 is 0 Å². The van der Waals surface area contributed by atoms with E-state index in [1.54, 1.807) is 41.3 Å². The molecule has 1 heterocycles. The van der Waals surface area contributed by atoms with Gasteiger partial charge in [0.05, 0.1) is 0 Å². The van der Waals surface area contributed by atoms with Gasteiger partial charge in [0.1, 0.15) is 6.04 Å². The Balaban J connectivity index is 1.47. The summed E-state index contributed by atoms with van der Waals surface area (Å²) < 4.78 is 0. The molecule has 6 nitrogen and oxygen atoms in total. The first-order chi connectivity index (χ1) is 15.6. The summed E-state index contributed by atoms with van der Waals surface area (Å²) in [5.74, 6) is -0.485. The van der Waals surface area contributed by atoms with E-state index in [0.29, 0.717) is 24.1 Å². The second-order valence-corrected chi connectivity index (χ2v) is 7.77. The van der Waals surface area contributed by atoms with Gasteiger partial charge in [-0.2, -0.15) is 0 Å². The molecule has 1 atom stereocenters. The second kappa shape index (κ2) is 9.92. The lowest BCUT2D eigenvalue weighted by Gasteiger charge is -2.20. The molecule has 3 aromatic rings. The van der Waals surface area contributed by atoms with Crippen LogP contribution in [0.25, 0.3) is 0 Å². The van der Waals surface area contributed by atoms with Crippen LogP contribution in [0, 0.1) is 0 Å². The van der Waals surface area contributed by atoms with Crippen LogP contribution in [0.4, 0.5) is 11.4 Å². The van der Waals surface area contributed by atoms with Crippen molar-refractivity contribution in [1.82, 2.24) is 5.32 Å². The lowest BCUT2D eigenvalue weighted by atomic mass is 10.0. The third-order valence-corrected chi connectivity index (χ3v) is 5.46. The zero-order valence-corrected chi connectivity index (χ0v) is 17.7. The zero-order chi connectivity index (χ0) is 22.3. The Morgan fingerprint density at radius 1 is 0.875 bits per heavy atom. The number of carbonyl (C=O) groups excluding carboxylic acids is 3. The Morgan fingerprint density at radius 3 is 2.16 bits per heavy atom. The minimum absolute atomic E-state index is 0.119. The Hall–Kier alpha value is -3.93. The quantitative estimate of drug-likeness (QED) is 0.602. The van der Waals surface area contributed by atoms with Gasteiger partial charge in [-0.1, -0.05) is 48.5 Å². The first-order valence-electron chi connectivity index (χ1n) is 10.7. The SMILES string of the molecule is O=C(NC(Cc1ccccc1)C(=O)Nc1ccc(N2CCCC2=O)cc1)c1ccccc1. The molecule has 0 saturated carbocycles. The highest BCUT2D eigenvalue weighted by Crippen LogP contribution is 2.23. The molecule has 4 rings (SSSR count). The molecule has 1 aliphatic rings. The highest BCUT2D eigenvalue weighted by Gasteiger charge is 2.23. The summed E-state index contributed by atoms with van der Waals surface area (Å²) in [5.41, 5.74) is 2.88. The molecule has 0 aliphatic carbocycles. The van der Waals surface area contributed by atoms with Gasteiger partial charge in [0.15, 0.2) is 0 Å². The molecule has 0 spiro atoms. The number of hydrogen-bond donors (Lipinski definition) is 2. The molecule has 1 aliphatic heterocycles. The van der Waals surface area contributed by atoms with Crippen LogP contribution in [-0.4, -0.2) is 30.3 Å². The third-order valence-electron chi connectivity index (χ3n) is 5.46. The largest absolute Gasteiger partial charge is 0.340 e. The van der Waals surface area contributed by atoms with Gasteiger partial charge in [-0.05, 0) is 48.4 Å². The molecule has 2 N–H and O–H groups in total. The number of amides is 3. The molecule has 6 heteroatoms. The van der Waals surface area contributed by atoms with E-state index in [1.165, 1.54) is 0 Å². The summed E-state index contributed by atoms with van der Waals surface area (Å²) in [6.07, 6.45) is 1.80. The molecule has 3 aromatic carbocycles. The summed E-state index contributed by atoms with van der Waals surface area (Å²) in [4.78, 5) is 39.5. The van der Waals surface area contributed by atoms with E-state index in [-0.39, 0.29) is 17.7 Å². The van der Waals surface area contributed by atoms with Crippen molar-refractivity contribution < 1.29 is 14.4 Å². The molecule has 0 bridgehead atoms. The number of rotatable bonds is 7. The second-order valence-electron chi connectivity index (χ2n) is 7.77. The number of carbonyl (C=O) groups is 3. The molecule has 1 saturated heterocycles. The Morgan fingerprint density at radius 2 is 1.53 bits per heavy atom. The number of nitrogens with one attached hydrogen (secondary N) is 2. The molecular formula is C26H25N3O3. The van der Waals surface area contributed by atoms with Crippen LogP contribution < -0.4 is 15.5 Å². The number of benzene rings is 3. The van der Waals surface area contributed by atoms with Crippen molar-refractivity contribution in [2.45, 2.75) is 25.3 Å². The maximum atomic E-state index is 13.1. The normalized spacial score (nSPS) is 14.1. The fraction of sp³-hybridized carbons (Fsp3) is 0.192.